The third kappa shape index (κ3) is 3.14. The Labute approximate surface area is 162 Å². The molecule has 0 spiro atoms. The SMILES string of the molecule is Cn1cnc2c(=O)n(-c3ccc(C#N)cc3)c(Cc3c(F)cc(F)cc3F)nc21. The Balaban J connectivity index is 1.98. The molecule has 0 saturated carbocycles. The lowest BCUT2D eigenvalue weighted by Crippen LogP contribution is -2.25. The maximum Gasteiger partial charge on any atom is 0.286 e. The standard InChI is InChI=1S/C20H12F3N5O/c1-27-10-25-18-19(27)26-17(8-14-15(22)6-12(21)7-16(14)23)28(20(18)29)13-4-2-11(9-24)3-5-13/h2-7,10H,8H2,1H3. The van der Waals surface area contributed by atoms with E-state index in [1.54, 1.807) is 7.05 Å². The molecule has 0 unspecified atom stereocenters. The van der Waals surface area contributed by atoms with Crippen molar-refractivity contribution in [3.8, 4) is 11.8 Å². The molecule has 0 aliphatic carbocycles. The van der Waals surface area contributed by atoms with Crippen LogP contribution in [0.2, 0.25) is 0 Å². The minimum atomic E-state index is -1.08. The molecule has 0 bridgehead atoms. The van der Waals surface area contributed by atoms with E-state index in [0.29, 0.717) is 23.4 Å². The lowest BCUT2D eigenvalue weighted by molar-refractivity contribution is 0.525. The van der Waals surface area contributed by atoms with E-state index in [1.807, 2.05) is 6.07 Å². The number of imidazole rings is 1. The van der Waals surface area contributed by atoms with Gasteiger partial charge in [0.05, 0.1) is 23.6 Å². The summed E-state index contributed by atoms with van der Waals surface area (Å²) in [4.78, 5) is 21.5. The van der Waals surface area contributed by atoms with Gasteiger partial charge in [0.15, 0.2) is 11.2 Å². The van der Waals surface area contributed by atoms with Gasteiger partial charge >= 0.3 is 0 Å². The molecule has 0 fully saturated rings. The van der Waals surface area contributed by atoms with Gasteiger partial charge in [-0.05, 0) is 24.3 Å². The van der Waals surface area contributed by atoms with E-state index < -0.39 is 35.0 Å². The first kappa shape index (κ1) is 18.4. The van der Waals surface area contributed by atoms with Gasteiger partial charge in [-0.3, -0.25) is 9.36 Å². The zero-order valence-corrected chi connectivity index (χ0v) is 15.0. The molecule has 2 aromatic carbocycles. The Kier molecular flexibility index (Phi) is 4.39. The molecular formula is C20H12F3N5O. The highest BCUT2D eigenvalue weighted by Crippen LogP contribution is 2.20. The van der Waals surface area contributed by atoms with Crippen LogP contribution in [0.4, 0.5) is 13.2 Å². The number of hydrogen-bond acceptors (Lipinski definition) is 4. The second-order valence-corrected chi connectivity index (χ2v) is 6.38. The summed E-state index contributed by atoms with van der Waals surface area (Å²) in [7, 11) is 1.64. The van der Waals surface area contributed by atoms with Gasteiger partial charge in [0.2, 0.25) is 0 Å². The van der Waals surface area contributed by atoms with Gasteiger partial charge in [-0.15, -0.1) is 0 Å². The summed E-state index contributed by atoms with van der Waals surface area (Å²) in [5, 5.41) is 8.97. The molecule has 6 nitrogen and oxygen atoms in total. The molecule has 0 radical (unpaired) electrons. The number of benzene rings is 2. The van der Waals surface area contributed by atoms with Crippen LogP contribution in [0.1, 0.15) is 17.0 Å². The molecule has 0 aliphatic rings. The Morgan fingerprint density at radius 3 is 2.38 bits per heavy atom. The Bertz CT molecular complexity index is 1330. The van der Waals surface area contributed by atoms with Gasteiger partial charge in [0.1, 0.15) is 23.3 Å². The maximum atomic E-state index is 14.2. The first-order valence-corrected chi connectivity index (χ1v) is 8.46. The zero-order valence-electron chi connectivity index (χ0n) is 15.0. The molecule has 0 aliphatic heterocycles. The van der Waals surface area contributed by atoms with Crippen molar-refractivity contribution in [1.29, 1.82) is 5.26 Å². The van der Waals surface area contributed by atoms with Crippen LogP contribution < -0.4 is 5.56 Å². The number of nitrogens with zero attached hydrogens (tertiary/aromatic N) is 5. The summed E-state index contributed by atoms with van der Waals surface area (Å²) >= 11 is 0. The van der Waals surface area contributed by atoms with E-state index in [0.717, 1.165) is 0 Å². The van der Waals surface area contributed by atoms with Gasteiger partial charge in [-0.1, -0.05) is 0 Å². The van der Waals surface area contributed by atoms with E-state index in [2.05, 4.69) is 9.97 Å². The van der Waals surface area contributed by atoms with E-state index in [4.69, 9.17) is 5.26 Å². The number of rotatable bonds is 3. The summed E-state index contributed by atoms with van der Waals surface area (Å²) in [6, 6.07) is 9.19. The molecule has 144 valence electrons. The molecule has 0 saturated heterocycles. The third-order valence-electron chi connectivity index (χ3n) is 4.50. The average molecular weight is 395 g/mol. The normalized spacial score (nSPS) is 11.0. The quantitative estimate of drug-likeness (QED) is 0.534. The van der Waals surface area contributed by atoms with Crippen LogP contribution in [0.5, 0.6) is 0 Å². The fraction of sp³-hybridized carbons (Fsp3) is 0.100. The topological polar surface area (TPSA) is 76.5 Å². The third-order valence-corrected chi connectivity index (χ3v) is 4.50. The van der Waals surface area contributed by atoms with Gasteiger partial charge in [0.25, 0.3) is 5.56 Å². The summed E-state index contributed by atoms with van der Waals surface area (Å²) in [6.45, 7) is 0. The highest BCUT2D eigenvalue weighted by Gasteiger charge is 2.20. The minimum Gasteiger partial charge on any atom is -0.318 e. The number of halogens is 3. The smallest absolute Gasteiger partial charge is 0.286 e. The van der Waals surface area contributed by atoms with Crippen molar-refractivity contribution in [3.05, 3.63) is 87.5 Å². The molecule has 0 N–H and O–H groups in total. The molecular weight excluding hydrogens is 383 g/mol. The molecule has 9 heteroatoms. The van der Waals surface area contributed by atoms with E-state index in [-0.39, 0.29) is 17.0 Å². The van der Waals surface area contributed by atoms with Crippen molar-refractivity contribution in [1.82, 2.24) is 19.1 Å². The predicted molar refractivity (Wildman–Crippen MR) is 97.9 cm³/mol. The monoisotopic (exact) mass is 395 g/mol. The van der Waals surface area contributed by atoms with E-state index in [1.165, 1.54) is 39.7 Å². The number of fused-ring (bicyclic) bond motifs is 1. The Hall–Kier alpha value is -3.93. The number of aryl methyl sites for hydroxylation is 1. The number of aromatic nitrogens is 4. The fourth-order valence-corrected chi connectivity index (χ4v) is 3.07. The maximum absolute atomic E-state index is 14.2. The van der Waals surface area contributed by atoms with Gasteiger partial charge in [-0.2, -0.15) is 5.26 Å². The second-order valence-electron chi connectivity index (χ2n) is 6.38. The minimum absolute atomic E-state index is 0.0419. The summed E-state index contributed by atoms with van der Waals surface area (Å²) in [5.41, 5.74) is 0.122. The highest BCUT2D eigenvalue weighted by molar-refractivity contribution is 5.70. The van der Waals surface area contributed by atoms with Crippen molar-refractivity contribution in [2.24, 2.45) is 7.05 Å². The van der Waals surface area contributed by atoms with Gasteiger partial charge in [0, 0.05) is 31.2 Å². The van der Waals surface area contributed by atoms with Crippen LogP contribution in [0.15, 0.2) is 47.5 Å². The van der Waals surface area contributed by atoms with Crippen molar-refractivity contribution in [2.75, 3.05) is 0 Å². The summed E-state index contributed by atoms with van der Waals surface area (Å²) < 4.78 is 44.4. The van der Waals surface area contributed by atoms with Crippen LogP contribution in [0.25, 0.3) is 16.9 Å². The fourth-order valence-electron chi connectivity index (χ4n) is 3.07. The second kappa shape index (κ2) is 6.91. The molecule has 2 aromatic heterocycles. The van der Waals surface area contributed by atoms with E-state index >= 15 is 0 Å². The van der Waals surface area contributed by atoms with Crippen LogP contribution in [-0.2, 0) is 13.5 Å². The number of hydrogen-bond donors (Lipinski definition) is 0. The molecule has 2 heterocycles. The van der Waals surface area contributed by atoms with Gasteiger partial charge < -0.3 is 4.57 Å². The van der Waals surface area contributed by atoms with Crippen LogP contribution >= 0.6 is 0 Å². The molecule has 0 amide bonds. The molecule has 4 aromatic rings. The zero-order chi connectivity index (χ0) is 20.7. The van der Waals surface area contributed by atoms with Crippen LogP contribution in [0, 0.1) is 28.8 Å². The largest absolute Gasteiger partial charge is 0.318 e. The Morgan fingerprint density at radius 2 is 1.76 bits per heavy atom. The molecule has 29 heavy (non-hydrogen) atoms. The molecule has 4 rings (SSSR count). The van der Waals surface area contributed by atoms with Crippen LogP contribution in [-0.4, -0.2) is 19.1 Å². The summed E-state index contributed by atoms with van der Waals surface area (Å²) in [6.07, 6.45) is 1.01. The summed E-state index contributed by atoms with van der Waals surface area (Å²) in [5.74, 6) is -3.15. The van der Waals surface area contributed by atoms with Crippen molar-refractivity contribution >= 4 is 11.2 Å². The highest BCUT2D eigenvalue weighted by atomic mass is 19.1. The average Bonchev–Trinajstić information content (AvgIpc) is 3.06. The van der Waals surface area contributed by atoms with Crippen LogP contribution in [0.3, 0.4) is 0 Å². The van der Waals surface area contributed by atoms with Crippen molar-refractivity contribution in [2.45, 2.75) is 6.42 Å². The first-order chi connectivity index (χ1) is 13.9. The first-order valence-electron chi connectivity index (χ1n) is 8.46. The predicted octanol–water partition coefficient (Wildman–Crippen LogP) is 3.00. The van der Waals surface area contributed by atoms with E-state index in [9.17, 15) is 18.0 Å². The lowest BCUT2D eigenvalue weighted by Gasteiger charge is -2.13. The Morgan fingerprint density at radius 1 is 1.10 bits per heavy atom. The lowest BCUT2D eigenvalue weighted by atomic mass is 10.1. The molecule has 0 atom stereocenters. The van der Waals surface area contributed by atoms with Gasteiger partial charge in [-0.25, -0.2) is 23.1 Å². The van der Waals surface area contributed by atoms with Crippen molar-refractivity contribution in [3.63, 3.8) is 0 Å². The number of nitriles is 1. The van der Waals surface area contributed by atoms with Crippen molar-refractivity contribution < 1.29 is 13.2 Å².